The largest absolute Gasteiger partial charge is 0.497 e. The first-order valence-corrected chi connectivity index (χ1v) is 9.76. The maximum absolute atomic E-state index is 12.2. The highest BCUT2D eigenvalue weighted by Gasteiger charge is 2.21. The van der Waals surface area contributed by atoms with E-state index in [1.54, 1.807) is 7.11 Å². The summed E-state index contributed by atoms with van der Waals surface area (Å²) in [6.45, 7) is 4.25. The summed E-state index contributed by atoms with van der Waals surface area (Å²) >= 11 is 1.54. The van der Waals surface area contributed by atoms with Crippen LogP contribution in [0.25, 0.3) is 0 Å². The molecule has 1 amide bonds. The van der Waals surface area contributed by atoms with Crippen LogP contribution in [0.15, 0.2) is 52.5 Å². The first kappa shape index (κ1) is 18.5. The second kappa shape index (κ2) is 8.41. The maximum Gasteiger partial charge on any atom is 0.250 e. The number of carbonyl (C=O) groups excluding carboxylic acids is 1. The Morgan fingerprint density at radius 3 is 2.85 bits per heavy atom. The fraction of sp³-hybridized carbons (Fsp3) is 0.333. The molecule has 2 aromatic rings. The molecule has 136 valence electrons. The van der Waals surface area contributed by atoms with E-state index in [9.17, 15) is 4.79 Å². The monoisotopic (exact) mass is 368 g/mol. The van der Waals surface area contributed by atoms with E-state index in [0.717, 1.165) is 34.8 Å². The van der Waals surface area contributed by atoms with Crippen LogP contribution in [-0.2, 0) is 11.2 Å². The molecule has 2 aromatic carbocycles. The predicted molar refractivity (Wildman–Crippen MR) is 107 cm³/mol. The highest BCUT2D eigenvalue weighted by molar-refractivity contribution is 8.00. The molecule has 0 aliphatic heterocycles. The molecule has 1 unspecified atom stereocenters. The lowest BCUT2D eigenvalue weighted by atomic mass is 9.83. The molecule has 1 aliphatic carbocycles. The van der Waals surface area contributed by atoms with Crippen LogP contribution in [-0.4, -0.2) is 24.5 Å². The molecule has 26 heavy (non-hydrogen) atoms. The van der Waals surface area contributed by atoms with Crippen LogP contribution < -0.4 is 10.2 Å². The number of hydrogen-bond acceptors (Lipinski definition) is 4. The van der Waals surface area contributed by atoms with Crippen molar-refractivity contribution in [2.75, 3.05) is 12.9 Å². The van der Waals surface area contributed by atoms with Crippen molar-refractivity contribution in [1.29, 1.82) is 0 Å². The summed E-state index contributed by atoms with van der Waals surface area (Å²) in [5, 5.41) is 4.43. The molecule has 1 atom stereocenters. The molecule has 0 aromatic heterocycles. The van der Waals surface area contributed by atoms with Gasteiger partial charge in [0, 0.05) is 10.5 Å². The molecular formula is C21H24N2O2S. The average Bonchev–Trinajstić information content (AvgIpc) is 2.64. The van der Waals surface area contributed by atoms with Crippen LogP contribution in [0, 0.1) is 12.8 Å². The van der Waals surface area contributed by atoms with Crippen LogP contribution in [0.3, 0.4) is 0 Å². The second-order valence-electron chi connectivity index (χ2n) is 6.68. The SMILES string of the molecule is COc1ccc2c(c1)CC(C)C/C2=N\NC(=O)CSc1ccccc1C. The third-order valence-electron chi connectivity index (χ3n) is 4.50. The Bertz CT molecular complexity index is 833. The average molecular weight is 369 g/mol. The molecule has 0 fully saturated rings. The molecule has 0 heterocycles. The third kappa shape index (κ3) is 4.47. The van der Waals surface area contributed by atoms with Gasteiger partial charge in [-0.05, 0) is 61.1 Å². The lowest BCUT2D eigenvalue weighted by Crippen LogP contribution is -2.25. The maximum atomic E-state index is 12.2. The van der Waals surface area contributed by atoms with Gasteiger partial charge in [0.05, 0.1) is 18.6 Å². The van der Waals surface area contributed by atoms with Crippen LogP contribution in [0.1, 0.15) is 30.0 Å². The minimum atomic E-state index is -0.0842. The van der Waals surface area contributed by atoms with Gasteiger partial charge in [-0.2, -0.15) is 5.10 Å². The van der Waals surface area contributed by atoms with Crippen molar-refractivity contribution in [2.24, 2.45) is 11.0 Å². The van der Waals surface area contributed by atoms with Gasteiger partial charge in [0.2, 0.25) is 5.91 Å². The third-order valence-corrected chi connectivity index (χ3v) is 5.68. The lowest BCUT2D eigenvalue weighted by Gasteiger charge is -2.23. The quantitative estimate of drug-likeness (QED) is 0.636. The highest BCUT2D eigenvalue weighted by atomic mass is 32.2. The topological polar surface area (TPSA) is 50.7 Å². The number of carbonyl (C=O) groups is 1. The number of amides is 1. The van der Waals surface area contributed by atoms with Gasteiger partial charge < -0.3 is 4.74 Å². The van der Waals surface area contributed by atoms with Gasteiger partial charge in [0.1, 0.15) is 5.75 Å². The van der Waals surface area contributed by atoms with E-state index in [0.29, 0.717) is 11.7 Å². The van der Waals surface area contributed by atoms with E-state index in [2.05, 4.69) is 36.5 Å². The molecule has 4 nitrogen and oxygen atoms in total. The van der Waals surface area contributed by atoms with E-state index in [4.69, 9.17) is 4.74 Å². The van der Waals surface area contributed by atoms with Crippen LogP contribution in [0.5, 0.6) is 5.75 Å². The number of benzene rings is 2. The number of rotatable bonds is 5. The molecule has 0 radical (unpaired) electrons. The number of hydrogen-bond donors (Lipinski definition) is 1. The van der Waals surface area contributed by atoms with Crippen LogP contribution in [0.4, 0.5) is 0 Å². The first-order valence-electron chi connectivity index (χ1n) is 8.78. The van der Waals surface area contributed by atoms with Gasteiger partial charge in [-0.15, -0.1) is 11.8 Å². The molecule has 0 spiro atoms. The molecular weight excluding hydrogens is 344 g/mol. The van der Waals surface area contributed by atoms with Crippen LogP contribution in [0.2, 0.25) is 0 Å². The number of hydrazone groups is 1. The van der Waals surface area contributed by atoms with Crippen molar-refractivity contribution in [3.8, 4) is 5.75 Å². The minimum Gasteiger partial charge on any atom is -0.497 e. The predicted octanol–water partition coefficient (Wildman–Crippen LogP) is 4.20. The van der Waals surface area contributed by atoms with E-state index in [-0.39, 0.29) is 5.91 Å². The zero-order valence-corrected chi connectivity index (χ0v) is 16.2. The standard InChI is InChI=1S/C21H24N2O2S/c1-14-10-16-12-17(25-3)8-9-18(16)19(11-14)22-23-21(24)13-26-20-7-5-4-6-15(20)2/h4-9,12,14H,10-11,13H2,1-3H3,(H,23,24)/b22-19+. The fourth-order valence-corrected chi connectivity index (χ4v) is 3.99. The Labute approximate surface area is 159 Å². The summed E-state index contributed by atoms with van der Waals surface area (Å²) in [4.78, 5) is 13.3. The fourth-order valence-electron chi connectivity index (χ4n) is 3.16. The van der Waals surface area contributed by atoms with Crippen molar-refractivity contribution in [1.82, 2.24) is 5.43 Å². The number of methoxy groups -OCH3 is 1. The molecule has 0 saturated heterocycles. The molecule has 0 saturated carbocycles. The van der Waals surface area contributed by atoms with Crippen molar-refractivity contribution in [3.05, 3.63) is 59.2 Å². The van der Waals surface area contributed by atoms with E-state index in [1.165, 1.54) is 22.9 Å². The van der Waals surface area contributed by atoms with Gasteiger partial charge in [-0.3, -0.25) is 4.79 Å². The van der Waals surface area contributed by atoms with Crippen molar-refractivity contribution < 1.29 is 9.53 Å². The smallest absolute Gasteiger partial charge is 0.250 e. The number of nitrogens with one attached hydrogen (secondary N) is 1. The van der Waals surface area contributed by atoms with Crippen molar-refractivity contribution >= 4 is 23.4 Å². The number of ether oxygens (including phenoxy) is 1. The number of aryl methyl sites for hydroxylation is 1. The zero-order valence-electron chi connectivity index (χ0n) is 15.4. The van der Waals surface area contributed by atoms with Gasteiger partial charge in [0.15, 0.2) is 0 Å². The summed E-state index contributed by atoms with van der Waals surface area (Å²) in [5.41, 5.74) is 7.18. The van der Waals surface area contributed by atoms with Gasteiger partial charge >= 0.3 is 0 Å². The number of nitrogens with zero attached hydrogens (tertiary/aromatic N) is 1. The summed E-state index contributed by atoms with van der Waals surface area (Å²) < 4.78 is 5.32. The normalized spacial score (nSPS) is 17.7. The van der Waals surface area contributed by atoms with Crippen LogP contribution >= 0.6 is 11.8 Å². The summed E-state index contributed by atoms with van der Waals surface area (Å²) in [7, 11) is 1.68. The molecule has 3 rings (SSSR count). The first-order chi connectivity index (χ1) is 12.6. The van der Waals surface area contributed by atoms with E-state index >= 15 is 0 Å². The second-order valence-corrected chi connectivity index (χ2v) is 7.70. The number of fused-ring (bicyclic) bond motifs is 1. The molecule has 5 heteroatoms. The Kier molecular flexibility index (Phi) is 5.99. The van der Waals surface area contributed by atoms with Gasteiger partial charge in [-0.25, -0.2) is 5.43 Å². The highest BCUT2D eigenvalue weighted by Crippen LogP contribution is 2.29. The van der Waals surface area contributed by atoms with Gasteiger partial charge in [-0.1, -0.05) is 25.1 Å². The number of thioether (sulfide) groups is 1. The Balaban J connectivity index is 1.66. The lowest BCUT2D eigenvalue weighted by molar-refractivity contribution is -0.118. The summed E-state index contributed by atoms with van der Waals surface area (Å²) in [6.07, 6.45) is 1.87. The Hall–Kier alpha value is -2.27. The zero-order chi connectivity index (χ0) is 18.5. The molecule has 1 N–H and O–H groups in total. The summed E-state index contributed by atoms with van der Waals surface area (Å²) in [6, 6.07) is 14.1. The molecule has 0 bridgehead atoms. The Morgan fingerprint density at radius 1 is 1.27 bits per heavy atom. The summed E-state index contributed by atoms with van der Waals surface area (Å²) in [5.74, 6) is 1.62. The van der Waals surface area contributed by atoms with Crippen molar-refractivity contribution in [3.63, 3.8) is 0 Å². The van der Waals surface area contributed by atoms with Gasteiger partial charge in [0.25, 0.3) is 0 Å². The van der Waals surface area contributed by atoms with E-state index in [1.807, 2.05) is 30.3 Å². The van der Waals surface area contributed by atoms with E-state index < -0.39 is 0 Å². The molecule has 1 aliphatic rings. The van der Waals surface area contributed by atoms with Crippen molar-refractivity contribution in [2.45, 2.75) is 31.6 Å². The minimum absolute atomic E-state index is 0.0842. The Morgan fingerprint density at radius 2 is 2.08 bits per heavy atom.